The van der Waals surface area contributed by atoms with E-state index in [1.165, 1.54) is 0 Å². The average molecular weight is 201 g/mol. The highest BCUT2D eigenvalue weighted by molar-refractivity contribution is 5.74. The van der Waals surface area contributed by atoms with E-state index in [9.17, 15) is 4.79 Å². The number of nitrogens with two attached hydrogens (primary N) is 1. The molecule has 0 rings (SSSR count). The van der Waals surface area contributed by atoms with Crippen LogP contribution < -0.4 is 11.1 Å². The number of urea groups is 1. The SMILES string of the molecule is CC(C)NC(=O)N(C)CCCCCN. The molecule has 0 radical (unpaired) electrons. The van der Waals surface area contributed by atoms with Gasteiger partial charge < -0.3 is 16.0 Å². The summed E-state index contributed by atoms with van der Waals surface area (Å²) in [6.07, 6.45) is 3.16. The highest BCUT2D eigenvalue weighted by Crippen LogP contribution is 1.96. The molecule has 0 heterocycles. The molecule has 4 nitrogen and oxygen atoms in total. The smallest absolute Gasteiger partial charge is 0.317 e. The third-order valence-electron chi connectivity index (χ3n) is 1.96. The topological polar surface area (TPSA) is 58.4 Å². The van der Waals surface area contributed by atoms with Crippen molar-refractivity contribution in [3.63, 3.8) is 0 Å². The van der Waals surface area contributed by atoms with Crippen molar-refractivity contribution in [1.29, 1.82) is 0 Å². The van der Waals surface area contributed by atoms with Gasteiger partial charge in [-0.3, -0.25) is 0 Å². The van der Waals surface area contributed by atoms with Crippen molar-refractivity contribution < 1.29 is 4.79 Å². The van der Waals surface area contributed by atoms with Crippen LogP contribution in [-0.4, -0.2) is 37.1 Å². The lowest BCUT2D eigenvalue weighted by atomic mass is 10.2. The van der Waals surface area contributed by atoms with Crippen LogP contribution in [0, 0.1) is 0 Å². The molecule has 0 aromatic rings. The van der Waals surface area contributed by atoms with Gasteiger partial charge in [-0.25, -0.2) is 4.79 Å². The summed E-state index contributed by atoms with van der Waals surface area (Å²) in [5, 5.41) is 2.85. The Kier molecular flexibility index (Phi) is 7.20. The fourth-order valence-corrected chi connectivity index (χ4v) is 1.13. The van der Waals surface area contributed by atoms with E-state index in [1.54, 1.807) is 4.90 Å². The minimum absolute atomic E-state index is 0.00717. The Bertz CT molecular complexity index is 159. The summed E-state index contributed by atoms with van der Waals surface area (Å²) in [6.45, 7) is 5.46. The van der Waals surface area contributed by atoms with Gasteiger partial charge in [-0.15, -0.1) is 0 Å². The maximum absolute atomic E-state index is 11.4. The van der Waals surface area contributed by atoms with Crippen LogP contribution in [0.25, 0.3) is 0 Å². The number of unbranched alkanes of at least 4 members (excludes halogenated alkanes) is 2. The Labute approximate surface area is 86.8 Å². The molecule has 0 aliphatic heterocycles. The molecule has 3 N–H and O–H groups in total. The monoisotopic (exact) mass is 201 g/mol. The largest absolute Gasteiger partial charge is 0.336 e. The zero-order valence-electron chi connectivity index (χ0n) is 9.55. The van der Waals surface area contributed by atoms with Crippen molar-refractivity contribution in [3.05, 3.63) is 0 Å². The Morgan fingerprint density at radius 2 is 2.00 bits per heavy atom. The lowest BCUT2D eigenvalue weighted by molar-refractivity contribution is 0.205. The summed E-state index contributed by atoms with van der Waals surface area (Å²) in [5.74, 6) is 0. The van der Waals surface area contributed by atoms with Crippen molar-refractivity contribution in [1.82, 2.24) is 10.2 Å². The summed E-state index contributed by atoms with van der Waals surface area (Å²) in [5.41, 5.74) is 5.38. The molecule has 0 fully saturated rings. The van der Waals surface area contributed by atoms with Crippen molar-refractivity contribution in [2.75, 3.05) is 20.1 Å². The van der Waals surface area contributed by atoms with Crippen LogP contribution in [0.5, 0.6) is 0 Å². The van der Waals surface area contributed by atoms with E-state index in [-0.39, 0.29) is 12.1 Å². The second kappa shape index (κ2) is 7.62. The molecule has 0 bridgehead atoms. The Morgan fingerprint density at radius 1 is 1.36 bits per heavy atom. The first-order valence-electron chi connectivity index (χ1n) is 5.29. The molecular formula is C10H23N3O. The number of nitrogens with one attached hydrogen (secondary N) is 1. The number of amides is 2. The molecule has 0 saturated heterocycles. The van der Waals surface area contributed by atoms with E-state index in [0.717, 1.165) is 32.4 Å². The molecule has 84 valence electrons. The first-order chi connectivity index (χ1) is 6.57. The molecule has 0 aromatic heterocycles. The van der Waals surface area contributed by atoms with Crippen molar-refractivity contribution in [3.8, 4) is 0 Å². The summed E-state index contributed by atoms with van der Waals surface area (Å²) in [7, 11) is 1.82. The normalized spacial score (nSPS) is 10.4. The van der Waals surface area contributed by atoms with Gasteiger partial charge in [0.2, 0.25) is 0 Å². The van der Waals surface area contributed by atoms with Gasteiger partial charge >= 0.3 is 6.03 Å². The van der Waals surface area contributed by atoms with Crippen molar-refractivity contribution in [2.45, 2.75) is 39.2 Å². The van der Waals surface area contributed by atoms with Crippen LogP contribution in [0.1, 0.15) is 33.1 Å². The van der Waals surface area contributed by atoms with E-state index >= 15 is 0 Å². The molecular weight excluding hydrogens is 178 g/mol. The zero-order chi connectivity index (χ0) is 11.0. The summed E-state index contributed by atoms with van der Waals surface area (Å²) < 4.78 is 0. The minimum Gasteiger partial charge on any atom is -0.336 e. The third kappa shape index (κ3) is 6.71. The molecule has 2 amide bonds. The van der Waals surface area contributed by atoms with Crippen LogP contribution in [-0.2, 0) is 0 Å². The average Bonchev–Trinajstić information content (AvgIpc) is 2.11. The fraction of sp³-hybridized carbons (Fsp3) is 0.900. The highest BCUT2D eigenvalue weighted by atomic mass is 16.2. The predicted molar refractivity (Wildman–Crippen MR) is 59.2 cm³/mol. The van der Waals surface area contributed by atoms with Gasteiger partial charge in [0.25, 0.3) is 0 Å². The van der Waals surface area contributed by atoms with Crippen LogP contribution in [0.15, 0.2) is 0 Å². The number of carbonyl (C=O) groups is 1. The van der Waals surface area contributed by atoms with Gasteiger partial charge in [0.05, 0.1) is 0 Å². The third-order valence-corrected chi connectivity index (χ3v) is 1.96. The predicted octanol–water partition coefficient (Wildman–Crippen LogP) is 1.17. The Balaban J connectivity index is 3.52. The highest BCUT2D eigenvalue weighted by Gasteiger charge is 2.07. The van der Waals surface area contributed by atoms with Crippen LogP contribution in [0.2, 0.25) is 0 Å². The van der Waals surface area contributed by atoms with Gasteiger partial charge in [-0.05, 0) is 33.2 Å². The number of carbonyl (C=O) groups excluding carboxylic acids is 1. The molecule has 0 aliphatic rings. The Hall–Kier alpha value is -0.770. The van der Waals surface area contributed by atoms with Gasteiger partial charge in [0.15, 0.2) is 0 Å². The maximum atomic E-state index is 11.4. The maximum Gasteiger partial charge on any atom is 0.317 e. The summed E-state index contributed by atoms with van der Waals surface area (Å²) >= 11 is 0. The van der Waals surface area contributed by atoms with Crippen LogP contribution in [0.3, 0.4) is 0 Å². The number of hydrogen-bond donors (Lipinski definition) is 2. The second-order valence-electron chi connectivity index (χ2n) is 3.88. The van der Waals surface area contributed by atoms with Gasteiger partial charge in [0.1, 0.15) is 0 Å². The summed E-state index contributed by atoms with van der Waals surface area (Å²) in [4.78, 5) is 13.1. The van der Waals surface area contributed by atoms with E-state index in [1.807, 2.05) is 20.9 Å². The second-order valence-corrected chi connectivity index (χ2v) is 3.88. The molecule has 0 aliphatic carbocycles. The van der Waals surface area contributed by atoms with Gasteiger partial charge in [-0.1, -0.05) is 6.42 Å². The number of nitrogens with zero attached hydrogens (tertiary/aromatic N) is 1. The first kappa shape index (κ1) is 13.2. The molecule has 14 heavy (non-hydrogen) atoms. The van der Waals surface area contributed by atoms with E-state index < -0.39 is 0 Å². The number of hydrogen-bond acceptors (Lipinski definition) is 2. The van der Waals surface area contributed by atoms with E-state index in [0.29, 0.717) is 0 Å². The van der Waals surface area contributed by atoms with Crippen molar-refractivity contribution in [2.24, 2.45) is 5.73 Å². The van der Waals surface area contributed by atoms with Crippen LogP contribution in [0.4, 0.5) is 4.79 Å². The molecule has 0 aromatic carbocycles. The molecule has 0 atom stereocenters. The lowest BCUT2D eigenvalue weighted by Crippen LogP contribution is -2.41. The zero-order valence-corrected chi connectivity index (χ0v) is 9.55. The molecule has 0 saturated carbocycles. The first-order valence-corrected chi connectivity index (χ1v) is 5.29. The van der Waals surface area contributed by atoms with Gasteiger partial charge in [0, 0.05) is 19.6 Å². The minimum atomic E-state index is 0.00717. The Morgan fingerprint density at radius 3 is 2.50 bits per heavy atom. The molecule has 4 heteroatoms. The van der Waals surface area contributed by atoms with E-state index in [4.69, 9.17) is 5.73 Å². The molecule has 0 unspecified atom stereocenters. The standard InChI is InChI=1S/C10H23N3O/c1-9(2)12-10(14)13(3)8-6-4-5-7-11/h9H,4-8,11H2,1-3H3,(H,12,14). The fourth-order valence-electron chi connectivity index (χ4n) is 1.13. The molecule has 0 spiro atoms. The lowest BCUT2D eigenvalue weighted by Gasteiger charge is -2.19. The number of rotatable bonds is 6. The van der Waals surface area contributed by atoms with Crippen molar-refractivity contribution >= 4 is 6.03 Å². The quantitative estimate of drug-likeness (QED) is 0.634. The van der Waals surface area contributed by atoms with Crippen LogP contribution >= 0.6 is 0 Å². The van der Waals surface area contributed by atoms with E-state index in [2.05, 4.69) is 5.32 Å². The van der Waals surface area contributed by atoms with Gasteiger partial charge in [-0.2, -0.15) is 0 Å². The summed E-state index contributed by atoms with van der Waals surface area (Å²) in [6, 6.07) is 0.210.